The number of rotatable bonds is 4. The molecule has 3 rings (SSSR count). The second-order valence-electron chi connectivity index (χ2n) is 4.73. The van der Waals surface area contributed by atoms with Crippen molar-refractivity contribution in [3.63, 3.8) is 0 Å². The number of hydrogen-bond acceptors (Lipinski definition) is 5. The molecule has 0 saturated carbocycles. The van der Waals surface area contributed by atoms with Gasteiger partial charge in [0, 0.05) is 17.5 Å². The van der Waals surface area contributed by atoms with E-state index in [-0.39, 0.29) is 30.4 Å². The molecule has 8 heteroatoms. The van der Waals surface area contributed by atoms with Crippen molar-refractivity contribution in [1.82, 2.24) is 4.57 Å². The number of nitrogens with one attached hydrogen (secondary N) is 1. The molecule has 114 valence electrons. The van der Waals surface area contributed by atoms with Crippen LogP contribution in [0.3, 0.4) is 0 Å². The standard InChI is InChI=1S/C14H12N2O5S/c17-12-6-21-11-2-1-8(5-9(11)15-12)10-7-22-14(20)16(10)4-3-13(18)19/h1-2,5,7H,3-4,6H2,(H,15,17)(H,18,19). The molecular formula is C14H12N2O5S. The lowest BCUT2D eigenvalue weighted by atomic mass is 10.1. The zero-order chi connectivity index (χ0) is 15.7. The van der Waals surface area contributed by atoms with Crippen molar-refractivity contribution in [2.75, 3.05) is 11.9 Å². The van der Waals surface area contributed by atoms with Crippen molar-refractivity contribution < 1.29 is 19.4 Å². The Morgan fingerprint density at radius 2 is 2.23 bits per heavy atom. The SMILES string of the molecule is O=C(O)CCn1c(-c2ccc3c(c2)NC(=O)CO3)csc1=O. The topological polar surface area (TPSA) is 97.6 Å². The number of carbonyl (C=O) groups excluding carboxylic acids is 1. The molecule has 2 aromatic rings. The first kappa shape index (κ1) is 14.3. The first-order valence-corrected chi connectivity index (χ1v) is 7.40. The van der Waals surface area contributed by atoms with E-state index in [1.165, 1.54) is 4.57 Å². The summed E-state index contributed by atoms with van der Waals surface area (Å²) in [6.45, 7) is 0.0844. The van der Waals surface area contributed by atoms with Crippen molar-refractivity contribution in [2.45, 2.75) is 13.0 Å². The van der Waals surface area contributed by atoms with Crippen LogP contribution in [0.1, 0.15) is 6.42 Å². The highest BCUT2D eigenvalue weighted by molar-refractivity contribution is 7.07. The van der Waals surface area contributed by atoms with E-state index in [0.717, 1.165) is 11.3 Å². The summed E-state index contributed by atoms with van der Waals surface area (Å²) in [5.74, 6) is -0.633. The average Bonchev–Trinajstić information content (AvgIpc) is 2.85. The maximum absolute atomic E-state index is 11.9. The van der Waals surface area contributed by atoms with Crippen LogP contribution in [0, 0.1) is 0 Å². The molecular weight excluding hydrogens is 308 g/mol. The number of fused-ring (bicyclic) bond motifs is 1. The number of nitrogens with zero attached hydrogens (tertiary/aromatic N) is 1. The van der Waals surface area contributed by atoms with E-state index in [4.69, 9.17) is 9.84 Å². The van der Waals surface area contributed by atoms with Crippen molar-refractivity contribution in [1.29, 1.82) is 0 Å². The van der Waals surface area contributed by atoms with Crippen molar-refractivity contribution in [2.24, 2.45) is 0 Å². The van der Waals surface area contributed by atoms with Crippen LogP contribution >= 0.6 is 11.3 Å². The fourth-order valence-electron chi connectivity index (χ4n) is 2.22. The first-order valence-electron chi connectivity index (χ1n) is 6.52. The predicted molar refractivity (Wildman–Crippen MR) is 80.4 cm³/mol. The van der Waals surface area contributed by atoms with E-state index in [1.807, 2.05) is 0 Å². The predicted octanol–water partition coefficient (Wildman–Crippen LogP) is 1.38. The van der Waals surface area contributed by atoms with E-state index in [0.29, 0.717) is 22.7 Å². The van der Waals surface area contributed by atoms with Gasteiger partial charge >= 0.3 is 10.8 Å². The van der Waals surface area contributed by atoms with E-state index in [1.54, 1.807) is 23.6 Å². The van der Waals surface area contributed by atoms with Crippen LogP contribution in [0.15, 0.2) is 28.4 Å². The van der Waals surface area contributed by atoms with Crippen LogP contribution in [0.5, 0.6) is 5.75 Å². The molecule has 0 saturated heterocycles. The van der Waals surface area contributed by atoms with Crippen molar-refractivity contribution in [3.05, 3.63) is 33.2 Å². The molecule has 1 aliphatic rings. The minimum absolute atomic E-state index is 0.0197. The van der Waals surface area contributed by atoms with Gasteiger partial charge in [-0.25, -0.2) is 0 Å². The fraction of sp³-hybridized carbons (Fsp3) is 0.214. The zero-order valence-electron chi connectivity index (χ0n) is 11.4. The number of aliphatic carboxylic acids is 1. The molecule has 1 aliphatic heterocycles. The second kappa shape index (κ2) is 5.64. The van der Waals surface area contributed by atoms with Gasteiger partial charge in [0.05, 0.1) is 17.8 Å². The summed E-state index contributed by atoms with van der Waals surface area (Å²) >= 11 is 1.01. The molecule has 2 heterocycles. The number of anilines is 1. The average molecular weight is 320 g/mol. The van der Waals surface area contributed by atoms with Gasteiger partial charge in [0.25, 0.3) is 5.91 Å². The number of benzene rings is 1. The molecule has 2 N–H and O–H groups in total. The molecule has 1 amide bonds. The molecule has 0 unspecified atom stereocenters. The molecule has 1 aromatic heterocycles. The minimum Gasteiger partial charge on any atom is -0.482 e. The number of carboxylic acid groups (broad SMARTS) is 1. The van der Waals surface area contributed by atoms with Gasteiger partial charge in [0.15, 0.2) is 6.61 Å². The quantitative estimate of drug-likeness (QED) is 0.887. The third-order valence-corrected chi connectivity index (χ3v) is 4.00. The second-order valence-corrected chi connectivity index (χ2v) is 5.55. The number of carbonyl (C=O) groups is 2. The number of ether oxygens (including phenoxy) is 1. The zero-order valence-corrected chi connectivity index (χ0v) is 12.2. The van der Waals surface area contributed by atoms with Crippen LogP contribution in [-0.2, 0) is 16.1 Å². The summed E-state index contributed by atoms with van der Waals surface area (Å²) in [4.78, 5) is 33.7. The van der Waals surface area contributed by atoms with Crippen LogP contribution in [0.2, 0.25) is 0 Å². The minimum atomic E-state index is -0.963. The molecule has 0 bridgehead atoms. The smallest absolute Gasteiger partial charge is 0.307 e. The molecule has 0 atom stereocenters. The monoisotopic (exact) mass is 320 g/mol. The van der Waals surface area contributed by atoms with E-state index in [2.05, 4.69) is 5.32 Å². The van der Waals surface area contributed by atoms with Gasteiger partial charge < -0.3 is 15.2 Å². The van der Waals surface area contributed by atoms with Gasteiger partial charge in [-0.15, -0.1) is 0 Å². The summed E-state index contributed by atoms with van der Waals surface area (Å²) in [7, 11) is 0. The summed E-state index contributed by atoms with van der Waals surface area (Å²) < 4.78 is 6.71. The summed E-state index contributed by atoms with van der Waals surface area (Å²) in [6, 6.07) is 5.20. The first-order chi connectivity index (χ1) is 10.5. The van der Waals surface area contributed by atoms with Gasteiger partial charge in [0.2, 0.25) is 0 Å². The van der Waals surface area contributed by atoms with Crippen molar-refractivity contribution in [3.8, 4) is 17.0 Å². The highest BCUT2D eigenvalue weighted by atomic mass is 32.1. The Hall–Kier alpha value is -2.61. The Balaban J connectivity index is 1.98. The summed E-state index contributed by atoms with van der Waals surface area (Å²) in [5, 5.41) is 13.2. The Bertz CT molecular complexity index is 808. The van der Waals surface area contributed by atoms with Gasteiger partial charge in [-0.1, -0.05) is 11.3 Å². The van der Waals surface area contributed by atoms with Crippen LogP contribution in [-0.4, -0.2) is 28.2 Å². The normalized spacial score (nSPS) is 13.2. The Labute approximate surface area is 128 Å². The molecule has 7 nitrogen and oxygen atoms in total. The molecule has 0 radical (unpaired) electrons. The number of carboxylic acids is 1. The maximum Gasteiger partial charge on any atom is 0.307 e. The third kappa shape index (κ3) is 2.73. The van der Waals surface area contributed by atoms with Crippen molar-refractivity contribution >= 4 is 28.9 Å². The molecule has 1 aromatic carbocycles. The highest BCUT2D eigenvalue weighted by Crippen LogP contribution is 2.32. The molecule has 0 aliphatic carbocycles. The Kier molecular flexibility index (Phi) is 3.68. The highest BCUT2D eigenvalue weighted by Gasteiger charge is 2.18. The summed E-state index contributed by atoms with van der Waals surface area (Å²) in [6.07, 6.45) is -0.131. The fourth-order valence-corrected chi connectivity index (χ4v) is 3.01. The summed E-state index contributed by atoms with van der Waals surface area (Å²) in [5.41, 5.74) is 1.88. The number of thiazole rings is 1. The number of hydrogen-bond donors (Lipinski definition) is 2. The van der Waals surface area contributed by atoms with Crippen LogP contribution < -0.4 is 14.9 Å². The van der Waals surface area contributed by atoms with Gasteiger partial charge in [0.1, 0.15) is 5.75 Å². The van der Waals surface area contributed by atoms with E-state index >= 15 is 0 Å². The van der Waals surface area contributed by atoms with Crippen LogP contribution in [0.4, 0.5) is 5.69 Å². The lowest BCUT2D eigenvalue weighted by Crippen LogP contribution is -2.25. The number of amides is 1. The maximum atomic E-state index is 11.9. The molecule has 22 heavy (non-hydrogen) atoms. The molecule has 0 spiro atoms. The Morgan fingerprint density at radius 1 is 1.41 bits per heavy atom. The van der Waals surface area contributed by atoms with Gasteiger partial charge in [-0.3, -0.25) is 19.0 Å². The van der Waals surface area contributed by atoms with Crippen LogP contribution in [0.25, 0.3) is 11.3 Å². The number of aromatic nitrogens is 1. The largest absolute Gasteiger partial charge is 0.482 e. The van der Waals surface area contributed by atoms with E-state index in [9.17, 15) is 14.4 Å². The van der Waals surface area contributed by atoms with Gasteiger partial charge in [-0.2, -0.15) is 0 Å². The lowest BCUT2D eigenvalue weighted by Gasteiger charge is -2.18. The Morgan fingerprint density at radius 3 is 3.00 bits per heavy atom. The molecule has 0 fully saturated rings. The van der Waals surface area contributed by atoms with E-state index < -0.39 is 5.97 Å². The lowest BCUT2D eigenvalue weighted by molar-refractivity contribution is -0.137. The third-order valence-electron chi connectivity index (χ3n) is 3.24. The van der Waals surface area contributed by atoms with Gasteiger partial charge in [-0.05, 0) is 18.2 Å².